The zero-order valence-electron chi connectivity index (χ0n) is 14.5. The van der Waals surface area contributed by atoms with Crippen molar-refractivity contribution in [2.75, 3.05) is 6.61 Å². The molecule has 0 bridgehead atoms. The van der Waals surface area contributed by atoms with Crippen LogP contribution in [0.2, 0.25) is 10.0 Å². The third kappa shape index (κ3) is 3.68. The van der Waals surface area contributed by atoms with Crippen LogP contribution in [0.15, 0.2) is 29.5 Å². The quantitative estimate of drug-likeness (QED) is 0.258. The molecule has 3 aromatic rings. The summed E-state index contributed by atoms with van der Waals surface area (Å²) in [6.07, 6.45) is 1.53. The number of aromatic nitrogens is 3. The van der Waals surface area contributed by atoms with Gasteiger partial charge in [-0.15, -0.1) is 0 Å². The van der Waals surface area contributed by atoms with Gasteiger partial charge in [0.15, 0.2) is 5.69 Å². The molecule has 0 fully saturated rings. The van der Waals surface area contributed by atoms with Crippen LogP contribution in [0.3, 0.4) is 0 Å². The number of hydrogen-bond donors (Lipinski definition) is 0. The molecule has 0 saturated carbocycles. The number of azide groups is 1. The number of benzene rings is 1. The molecule has 27 heavy (non-hydrogen) atoms. The highest BCUT2D eigenvalue weighted by Gasteiger charge is 2.20. The lowest BCUT2D eigenvalue weighted by atomic mass is 10.0. The second-order valence-corrected chi connectivity index (χ2v) is 6.40. The Kier molecular flexibility index (Phi) is 5.51. The largest absolute Gasteiger partial charge is 0.461 e. The molecule has 3 rings (SSSR count). The lowest BCUT2D eigenvalue weighted by Crippen LogP contribution is -2.04. The number of halogens is 2. The van der Waals surface area contributed by atoms with Crippen molar-refractivity contribution in [2.24, 2.45) is 5.11 Å². The fourth-order valence-electron chi connectivity index (χ4n) is 2.72. The van der Waals surface area contributed by atoms with E-state index in [1.54, 1.807) is 36.4 Å². The maximum atomic E-state index is 12.1. The predicted octanol–water partition coefficient (Wildman–Crippen LogP) is 5.00. The van der Waals surface area contributed by atoms with Gasteiger partial charge in [0.1, 0.15) is 0 Å². The Balaban J connectivity index is 2.34. The van der Waals surface area contributed by atoms with E-state index in [4.69, 9.17) is 33.5 Å². The van der Waals surface area contributed by atoms with Gasteiger partial charge in [-0.3, -0.25) is 4.40 Å². The second-order valence-electron chi connectivity index (χ2n) is 5.55. The summed E-state index contributed by atoms with van der Waals surface area (Å²) in [6, 6.07) is 5.06. The molecule has 1 aromatic carbocycles. The third-order valence-corrected chi connectivity index (χ3v) is 4.43. The number of rotatable bonds is 5. The standard InChI is InChI=1S/C17H14Cl2N6O2/c1-3-27-16(26)14-8-25-15(11-5-4-10(18)6-13(11)19)12(7-21-24-20)9(2)22-17(25)23-14/h4-6,8H,3,7H2,1-2H3. The van der Waals surface area contributed by atoms with Gasteiger partial charge in [-0.05, 0) is 37.6 Å². The smallest absolute Gasteiger partial charge is 0.358 e. The number of ether oxygens (including phenoxy) is 1. The molecule has 0 saturated heterocycles. The third-order valence-electron chi connectivity index (χ3n) is 3.88. The molecule has 138 valence electrons. The summed E-state index contributed by atoms with van der Waals surface area (Å²) in [7, 11) is 0. The number of esters is 1. The second kappa shape index (κ2) is 7.84. The summed E-state index contributed by atoms with van der Waals surface area (Å²) < 4.78 is 6.65. The number of nitrogens with zero attached hydrogens (tertiary/aromatic N) is 6. The van der Waals surface area contributed by atoms with Crippen LogP contribution in [0.5, 0.6) is 0 Å². The number of imidazole rings is 1. The maximum absolute atomic E-state index is 12.1. The molecule has 2 heterocycles. The molecule has 10 heteroatoms. The van der Waals surface area contributed by atoms with E-state index in [0.29, 0.717) is 38.3 Å². The van der Waals surface area contributed by atoms with Gasteiger partial charge in [0.25, 0.3) is 0 Å². The van der Waals surface area contributed by atoms with E-state index in [0.717, 1.165) is 0 Å². The number of aryl methyl sites for hydroxylation is 1. The molecule has 0 amide bonds. The number of fused-ring (bicyclic) bond motifs is 1. The number of carbonyl (C=O) groups is 1. The zero-order chi connectivity index (χ0) is 19.6. The first kappa shape index (κ1) is 19.0. The molecule has 2 aromatic heterocycles. The summed E-state index contributed by atoms with van der Waals surface area (Å²) >= 11 is 12.4. The van der Waals surface area contributed by atoms with Crippen LogP contribution in [-0.2, 0) is 11.3 Å². The number of carbonyl (C=O) groups excluding carboxylic acids is 1. The fourth-order valence-corrected chi connectivity index (χ4v) is 3.21. The molecule has 0 aliphatic heterocycles. The summed E-state index contributed by atoms with van der Waals surface area (Å²) in [5.74, 6) is -0.244. The highest BCUT2D eigenvalue weighted by Crippen LogP contribution is 2.34. The average molecular weight is 405 g/mol. The van der Waals surface area contributed by atoms with Gasteiger partial charge in [0.2, 0.25) is 5.78 Å². The molecule has 0 unspecified atom stereocenters. The molecule has 0 N–H and O–H groups in total. The normalized spacial score (nSPS) is 10.7. The lowest BCUT2D eigenvalue weighted by molar-refractivity contribution is 0.0520. The van der Waals surface area contributed by atoms with E-state index >= 15 is 0 Å². The van der Waals surface area contributed by atoms with Crippen molar-refractivity contribution >= 4 is 34.9 Å². The van der Waals surface area contributed by atoms with Gasteiger partial charge in [-0.1, -0.05) is 28.3 Å². The van der Waals surface area contributed by atoms with Crippen LogP contribution < -0.4 is 0 Å². The van der Waals surface area contributed by atoms with Crippen LogP contribution in [-0.4, -0.2) is 26.9 Å². The molecule has 0 aliphatic rings. The minimum absolute atomic E-state index is 0.0620. The highest BCUT2D eigenvalue weighted by molar-refractivity contribution is 6.36. The summed E-state index contributed by atoms with van der Waals surface area (Å²) in [6.45, 7) is 3.78. The van der Waals surface area contributed by atoms with Crippen molar-refractivity contribution in [1.29, 1.82) is 0 Å². The van der Waals surface area contributed by atoms with Crippen LogP contribution in [0.1, 0.15) is 28.7 Å². The first-order valence-corrected chi connectivity index (χ1v) is 8.73. The molecule has 0 radical (unpaired) electrons. The van der Waals surface area contributed by atoms with Gasteiger partial charge in [-0.2, -0.15) is 0 Å². The van der Waals surface area contributed by atoms with E-state index in [1.165, 1.54) is 6.20 Å². The van der Waals surface area contributed by atoms with E-state index in [2.05, 4.69) is 20.0 Å². The van der Waals surface area contributed by atoms with Crippen LogP contribution >= 0.6 is 23.2 Å². The summed E-state index contributed by atoms with van der Waals surface area (Å²) in [5, 5.41) is 4.55. The molecule has 8 nitrogen and oxygen atoms in total. The molecule has 0 aliphatic carbocycles. The van der Waals surface area contributed by atoms with Gasteiger partial charge >= 0.3 is 5.97 Å². The average Bonchev–Trinajstić information content (AvgIpc) is 3.04. The molecule has 0 atom stereocenters. The Labute approximate surface area is 164 Å². The molecule has 0 spiro atoms. The Morgan fingerprint density at radius 1 is 1.37 bits per heavy atom. The molecular weight excluding hydrogens is 391 g/mol. The fraction of sp³-hybridized carbons (Fsp3) is 0.235. The van der Waals surface area contributed by atoms with Crippen molar-refractivity contribution in [2.45, 2.75) is 20.4 Å². The predicted molar refractivity (Wildman–Crippen MR) is 102 cm³/mol. The number of hydrogen-bond acceptors (Lipinski definition) is 5. The van der Waals surface area contributed by atoms with Crippen molar-refractivity contribution in [3.63, 3.8) is 0 Å². The van der Waals surface area contributed by atoms with Crippen LogP contribution in [0.4, 0.5) is 0 Å². The summed E-state index contributed by atoms with van der Waals surface area (Å²) in [4.78, 5) is 23.6. The van der Waals surface area contributed by atoms with E-state index < -0.39 is 5.97 Å². The SMILES string of the molecule is CCOC(=O)c1cn2c(-c3ccc(Cl)cc3Cl)c(CN=[N+]=[N-])c(C)nc2n1. The minimum atomic E-state index is -0.551. The maximum Gasteiger partial charge on any atom is 0.358 e. The first-order chi connectivity index (χ1) is 13.0. The van der Waals surface area contributed by atoms with Gasteiger partial charge < -0.3 is 4.74 Å². The molecular formula is C17H14Cl2N6O2. The van der Waals surface area contributed by atoms with E-state index in [9.17, 15) is 4.79 Å². The monoisotopic (exact) mass is 404 g/mol. The lowest BCUT2D eigenvalue weighted by Gasteiger charge is -2.14. The van der Waals surface area contributed by atoms with E-state index in [1.807, 2.05) is 0 Å². The van der Waals surface area contributed by atoms with Crippen LogP contribution in [0.25, 0.3) is 27.5 Å². The van der Waals surface area contributed by atoms with Gasteiger partial charge in [-0.25, -0.2) is 14.8 Å². The van der Waals surface area contributed by atoms with Crippen molar-refractivity contribution in [1.82, 2.24) is 14.4 Å². The summed E-state index contributed by atoms with van der Waals surface area (Å²) in [5.41, 5.74) is 11.4. The van der Waals surface area contributed by atoms with Crippen LogP contribution in [0, 0.1) is 6.92 Å². The Bertz CT molecular complexity index is 1090. The Morgan fingerprint density at radius 2 is 2.15 bits per heavy atom. The Morgan fingerprint density at radius 3 is 2.81 bits per heavy atom. The van der Waals surface area contributed by atoms with Gasteiger partial charge in [0, 0.05) is 33.0 Å². The topological polar surface area (TPSA) is 105 Å². The highest BCUT2D eigenvalue weighted by atomic mass is 35.5. The van der Waals surface area contributed by atoms with Crippen molar-refractivity contribution in [3.05, 3.63) is 61.8 Å². The first-order valence-electron chi connectivity index (χ1n) is 7.98. The minimum Gasteiger partial charge on any atom is -0.461 e. The van der Waals surface area contributed by atoms with Gasteiger partial charge in [0.05, 0.1) is 23.9 Å². The Hall–Kier alpha value is -2.80. The zero-order valence-corrected chi connectivity index (χ0v) is 16.0. The van der Waals surface area contributed by atoms with E-state index in [-0.39, 0.29) is 18.8 Å². The van der Waals surface area contributed by atoms with Crippen molar-refractivity contribution < 1.29 is 9.53 Å². The van der Waals surface area contributed by atoms with Crippen molar-refractivity contribution in [3.8, 4) is 11.3 Å².